The van der Waals surface area contributed by atoms with Crippen LogP contribution in [-0.4, -0.2) is 25.5 Å². The Morgan fingerprint density at radius 1 is 1.08 bits per heavy atom. The maximum atomic E-state index is 12.8. The van der Waals surface area contributed by atoms with E-state index in [1.165, 1.54) is 6.08 Å². The predicted molar refractivity (Wildman–Crippen MR) is 141 cm³/mol. The molecule has 0 saturated heterocycles. The highest BCUT2D eigenvalue weighted by atomic mass is 16.5. The van der Waals surface area contributed by atoms with E-state index >= 15 is 0 Å². The van der Waals surface area contributed by atoms with Crippen LogP contribution in [0, 0.1) is 6.92 Å². The van der Waals surface area contributed by atoms with Crippen LogP contribution in [0.3, 0.4) is 0 Å². The minimum Gasteiger partial charge on any atom is -0.496 e. The number of rotatable bonds is 8. The van der Waals surface area contributed by atoms with Gasteiger partial charge in [-0.1, -0.05) is 18.2 Å². The molecule has 0 radical (unpaired) electrons. The SMILES string of the molecule is CCOc1c(/C(C)=C/C(=O)Nc2ccc(C(N)=O)cc2)cc2c(-c3ccccc3OC)coc2c1C. The van der Waals surface area contributed by atoms with Gasteiger partial charge in [0.15, 0.2) is 0 Å². The molecule has 0 unspecified atom stereocenters. The third kappa shape index (κ3) is 4.81. The molecule has 0 aliphatic heterocycles. The van der Waals surface area contributed by atoms with Gasteiger partial charge in [0.2, 0.25) is 11.8 Å². The van der Waals surface area contributed by atoms with Gasteiger partial charge in [0.25, 0.3) is 0 Å². The number of benzene rings is 3. The molecule has 1 aromatic heterocycles. The Balaban J connectivity index is 1.75. The van der Waals surface area contributed by atoms with Gasteiger partial charge in [-0.3, -0.25) is 9.59 Å². The second-order valence-electron chi connectivity index (χ2n) is 8.30. The third-order valence-corrected chi connectivity index (χ3v) is 5.94. The molecule has 184 valence electrons. The standard InChI is InChI=1S/C29H28N2O5/c1-5-35-27-18(3)28-23(24(16-36-28)21-8-6-7-9-25(21)34-4)15-22(27)17(2)14-26(32)31-20-12-10-19(11-13-20)29(30)33/h6-16H,5H2,1-4H3,(H2,30,33)(H,31,32)/b17-14+. The van der Waals surface area contributed by atoms with Crippen molar-refractivity contribution < 1.29 is 23.5 Å². The van der Waals surface area contributed by atoms with Gasteiger partial charge in [-0.25, -0.2) is 0 Å². The average Bonchev–Trinajstić information content (AvgIpc) is 3.30. The number of primary amides is 1. The molecule has 0 saturated carbocycles. The predicted octanol–water partition coefficient (Wildman–Crippen LogP) is 5.96. The van der Waals surface area contributed by atoms with E-state index in [9.17, 15) is 9.59 Å². The van der Waals surface area contributed by atoms with Gasteiger partial charge in [-0.05, 0) is 62.7 Å². The van der Waals surface area contributed by atoms with Crippen molar-refractivity contribution >= 4 is 34.0 Å². The fraction of sp³-hybridized carbons (Fsp3) is 0.172. The van der Waals surface area contributed by atoms with Gasteiger partial charge in [0.1, 0.15) is 17.1 Å². The average molecular weight is 485 g/mol. The molecule has 0 atom stereocenters. The minimum absolute atomic E-state index is 0.309. The first-order valence-electron chi connectivity index (χ1n) is 11.5. The van der Waals surface area contributed by atoms with Gasteiger partial charge < -0.3 is 24.9 Å². The second-order valence-corrected chi connectivity index (χ2v) is 8.30. The number of fused-ring (bicyclic) bond motifs is 1. The zero-order chi connectivity index (χ0) is 25.8. The highest BCUT2D eigenvalue weighted by Gasteiger charge is 2.20. The molecule has 4 rings (SSSR count). The molecular formula is C29H28N2O5. The van der Waals surface area contributed by atoms with E-state index in [0.29, 0.717) is 23.6 Å². The lowest BCUT2D eigenvalue weighted by Gasteiger charge is -2.15. The Labute approximate surface area is 209 Å². The Bertz CT molecular complexity index is 1470. The van der Waals surface area contributed by atoms with E-state index in [4.69, 9.17) is 19.6 Å². The number of amides is 2. The Kier molecular flexibility index (Phi) is 7.10. The largest absolute Gasteiger partial charge is 0.496 e. The third-order valence-electron chi connectivity index (χ3n) is 5.94. The van der Waals surface area contributed by atoms with Crippen molar-refractivity contribution in [3.8, 4) is 22.6 Å². The van der Waals surface area contributed by atoms with Crippen LogP contribution in [0.5, 0.6) is 11.5 Å². The highest BCUT2D eigenvalue weighted by Crippen LogP contribution is 2.42. The van der Waals surface area contributed by atoms with Crippen LogP contribution in [0.25, 0.3) is 27.7 Å². The molecule has 2 amide bonds. The first kappa shape index (κ1) is 24.6. The zero-order valence-corrected chi connectivity index (χ0v) is 20.7. The van der Waals surface area contributed by atoms with Crippen molar-refractivity contribution in [3.63, 3.8) is 0 Å². The fourth-order valence-corrected chi connectivity index (χ4v) is 4.19. The summed E-state index contributed by atoms with van der Waals surface area (Å²) < 4.78 is 17.5. The summed E-state index contributed by atoms with van der Waals surface area (Å²) in [6.45, 7) is 6.18. The molecule has 4 aromatic rings. The molecule has 0 bridgehead atoms. The van der Waals surface area contributed by atoms with Crippen LogP contribution >= 0.6 is 0 Å². The van der Waals surface area contributed by atoms with Crippen LogP contribution in [0.15, 0.2) is 71.4 Å². The fourth-order valence-electron chi connectivity index (χ4n) is 4.19. The zero-order valence-electron chi connectivity index (χ0n) is 20.7. The number of nitrogens with two attached hydrogens (primary N) is 1. The maximum absolute atomic E-state index is 12.8. The van der Waals surface area contributed by atoms with Gasteiger partial charge in [-0.2, -0.15) is 0 Å². The van der Waals surface area contributed by atoms with Crippen LogP contribution in [0.2, 0.25) is 0 Å². The van der Waals surface area contributed by atoms with E-state index < -0.39 is 5.91 Å². The number of furan rings is 1. The number of hydrogen-bond donors (Lipinski definition) is 2. The molecule has 1 heterocycles. The van der Waals surface area contributed by atoms with Crippen LogP contribution in [0.4, 0.5) is 5.69 Å². The first-order chi connectivity index (χ1) is 17.3. The molecular weight excluding hydrogens is 456 g/mol. The van der Waals surface area contributed by atoms with E-state index in [1.54, 1.807) is 37.6 Å². The number of anilines is 1. The highest BCUT2D eigenvalue weighted by molar-refractivity contribution is 6.06. The van der Waals surface area contributed by atoms with Crippen molar-refractivity contribution in [1.82, 2.24) is 0 Å². The normalized spacial score (nSPS) is 11.4. The first-order valence-corrected chi connectivity index (χ1v) is 11.5. The number of methoxy groups -OCH3 is 1. The Morgan fingerprint density at radius 2 is 1.81 bits per heavy atom. The van der Waals surface area contributed by atoms with Crippen LogP contribution < -0.4 is 20.5 Å². The summed E-state index contributed by atoms with van der Waals surface area (Å²) in [5.74, 6) is 0.571. The van der Waals surface area contributed by atoms with Crippen molar-refractivity contribution in [2.24, 2.45) is 5.73 Å². The summed E-state index contributed by atoms with van der Waals surface area (Å²) in [4.78, 5) is 24.1. The summed E-state index contributed by atoms with van der Waals surface area (Å²) in [6, 6.07) is 16.1. The molecule has 0 fully saturated rings. The number of hydrogen-bond acceptors (Lipinski definition) is 5. The number of aryl methyl sites for hydroxylation is 1. The van der Waals surface area contributed by atoms with E-state index in [1.807, 2.05) is 51.1 Å². The topological polar surface area (TPSA) is 104 Å². The molecule has 3 aromatic carbocycles. The lowest BCUT2D eigenvalue weighted by atomic mass is 9.96. The van der Waals surface area contributed by atoms with Gasteiger partial charge in [0, 0.05) is 45.0 Å². The minimum atomic E-state index is -0.524. The maximum Gasteiger partial charge on any atom is 0.248 e. The number of ether oxygens (including phenoxy) is 2. The van der Waals surface area contributed by atoms with Crippen molar-refractivity contribution in [1.29, 1.82) is 0 Å². The second kappa shape index (κ2) is 10.4. The molecule has 0 spiro atoms. The number of carbonyl (C=O) groups is 2. The number of para-hydroxylation sites is 1. The van der Waals surface area contributed by atoms with Crippen LogP contribution in [-0.2, 0) is 4.79 Å². The van der Waals surface area contributed by atoms with Gasteiger partial charge in [0.05, 0.1) is 20.0 Å². The molecule has 36 heavy (non-hydrogen) atoms. The van der Waals surface area contributed by atoms with Crippen LogP contribution in [0.1, 0.15) is 35.3 Å². The monoisotopic (exact) mass is 484 g/mol. The number of allylic oxidation sites excluding steroid dienone is 1. The van der Waals surface area contributed by atoms with Gasteiger partial charge >= 0.3 is 0 Å². The smallest absolute Gasteiger partial charge is 0.248 e. The summed E-state index contributed by atoms with van der Waals surface area (Å²) >= 11 is 0. The number of nitrogens with one attached hydrogen (secondary N) is 1. The molecule has 7 nitrogen and oxygen atoms in total. The van der Waals surface area contributed by atoms with E-state index in [-0.39, 0.29) is 5.91 Å². The van der Waals surface area contributed by atoms with Gasteiger partial charge in [-0.15, -0.1) is 0 Å². The lowest BCUT2D eigenvalue weighted by Crippen LogP contribution is -2.12. The van der Waals surface area contributed by atoms with Crippen molar-refractivity contribution in [3.05, 3.63) is 83.6 Å². The van der Waals surface area contributed by atoms with Crippen molar-refractivity contribution in [2.45, 2.75) is 20.8 Å². The molecule has 3 N–H and O–H groups in total. The summed E-state index contributed by atoms with van der Waals surface area (Å²) in [5.41, 5.74) is 11.1. The molecule has 0 aliphatic rings. The lowest BCUT2D eigenvalue weighted by molar-refractivity contribution is -0.111. The molecule has 7 heteroatoms. The molecule has 0 aliphatic carbocycles. The van der Waals surface area contributed by atoms with Crippen molar-refractivity contribution in [2.75, 3.05) is 19.0 Å². The Morgan fingerprint density at radius 3 is 2.47 bits per heavy atom. The Hall–Kier alpha value is -4.52. The van der Waals surface area contributed by atoms with E-state index in [0.717, 1.165) is 44.5 Å². The summed E-state index contributed by atoms with van der Waals surface area (Å²) in [6.07, 6.45) is 3.24. The quantitative estimate of drug-likeness (QED) is 0.301. The summed E-state index contributed by atoms with van der Waals surface area (Å²) in [5, 5.41) is 3.71. The summed E-state index contributed by atoms with van der Waals surface area (Å²) in [7, 11) is 1.64. The number of carbonyl (C=O) groups excluding carboxylic acids is 2. The van der Waals surface area contributed by atoms with E-state index in [2.05, 4.69) is 5.32 Å².